The molecule has 0 spiro atoms. The second kappa shape index (κ2) is 7.96. The summed E-state index contributed by atoms with van der Waals surface area (Å²) in [5.41, 5.74) is 0.954. The highest BCUT2D eigenvalue weighted by Gasteiger charge is 2.21. The van der Waals surface area contributed by atoms with Gasteiger partial charge in [0, 0.05) is 18.0 Å². The summed E-state index contributed by atoms with van der Waals surface area (Å²) in [5, 5.41) is 7.00. The lowest BCUT2D eigenvalue weighted by Gasteiger charge is -2.06. The molecule has 2 heterocycles. The molecular weight excluding hydrogens is 366 g/mol. The molecule has 0 aliphatic heterocycles. The van der Waals surface area contributed by atoms with E-state index in [0.29, 0.717) is 5.00 Å². The molecule has 3 rings (SSSR count). The van der Waals surface area contributed by atoms with Gasteiger partial charge in [0.25, 0.3) is 11.5 Å². The van der Waals surface area contributed by atoms with E-state index in [-0.39, 0.29) is 23.4 Å². The largest absolute Gasteiger partial charge is 0.462 e. The molecule has 0 aliphatic carbocycles. The number of nitrogens with one attached hydrogen (secondary N) is 1. The quantitative estimate of drug-likeness (QED) is 0.684. The zero-order chi connectivity index (χ0) is 19.4. The van der Waals surface area contributed by atoms with Crippen LogP contribution in [0.2, 0.25) is 0 Å². The molecule has 1 amide bonds. The number of amides is 1. The third-order valence-electron chi connectivity index (χ3n) is 3.71. The third kappa shape index (κ3) is 4.12. The first-order valence-corrected chi connectivity index (χ1v) is 9.03. The summed E-state index contributed by atoms with van der Waals surface area (Å²) in [4.78, 5) is 37.1. The van der Waals surface area contributed by atoms with Crippen molar-refractivity contribution < 1.29 is 14.3 Å². The summed E-state index contributed by atoms with van der Waals surface area (Å²) in [6, 6.07) is 13.8. The lowest BCUT2D eigenvalue weighted by Crippen LogP contribution is -2.23. The minimum atomic E-state index is -0.516. The Morgan fingerprint density at radius 2 is 1.93 bits per heavy atom. The van der Waals surface area contributed by atoms with Gasteiger partial charge in [0.05, 0.1) is 12.2 Å². The summed E-state index contributed by atoms with van der Waals surface area (Å²) in [6.07, 6.45) is 0. The van der Waals surface area contributed by atoms with Gasteiger partial charge in [0.15, 0.2) is 0 Å². The molecule has 1 aromatic carbocycles. The molecule has 138 valence electrons. The number of carbonyl (C=O) groups is 2. The maximum atomic E-state index is 12.5. The summed E-state index contributed by atoms with van der Waals surface area (Å²) in [6.45, 7) is 1.94. The van der Waals surface area contributed by atoms with Gasteiger partial charge in [0.1, 0.15) is 10.7 Å². The Bertz CT molecular complexity index is 1040. The van der Waals surface area contributed by atoms with Crippen LogP contribution in [0.1, 0.15) is 27.8 Å². The number of benzene rings is 1. The fraction of sp³-hybridized carbons (Fsp3) is 0.158. The van der Waals surface area contributed by atoms with Crippen LogP contribution in [0.4, 0.5) is 5.00 Å². The molecule has 8 heteroatoms. The van der Waals surface area contributed by atoms with Crippen molar-refractivity contribution in [1.82, 2.24) is 9.78 Å². The number of hydrogen-bond acceptors (Lipinski definition) is 6. The van der Waals surface area contributed by atoms with Crippen molar-refractivity contribution in [2.75, 3.05) is 11.9 Å². The molecule has 0 saturated heterocycles. The van der Waals surface area contributed by atoms with Gasteiger partial charge >= 0.3 is 5.97 Å². The number of anilines is 1. The van der Waals surface area contributed by atoms with E-state index in [1.165, 1.54) is 30.5 Å². The summed E-state index contributed by atoms with van der Waals surface area (Å²) >= 11 is 1.27. The van der Waals surface area contributed by atoms with E-state index in [2.05, 4.69) is 10.4 Å². The minimum absolute atomic E-state index is 0.0709. The first-order chi connectivity index (χ1) is 13.0. The zero-order valence-electron chi connectivity index (χ0n) is 14.8. The number of hydrogen-bond donors (Lipinski definition) is 1. The number of rotatable bonds is 5. The van der Waals surface area contributed by atoms with E-state index in [1.807, 2.05) is 30.3 Å². The van der Waals surface area contributed by atoms with Gasteiger partial charge in [-0.3, -0.25) is 9.59 Å². The predicted molar refractivity (Wildman–Crippen MR) is 103 cm³/mol. The normalized spacial score (nSPS) is 10.4. The number of nitrogens with zero attached hydrogens (tertiary/aromatic N) is 2. The van der Waals surface area contributed by atoms with Crippen LogP contribution in [0.5, 0.6) is 0 Å². The van der Waals surface area contributed by atoms with Gasteiger partial charge in [-0.05, 0) is 24.6 Å². The standard InChI is InChI=1S/C19H17N3O4S/c1-3-26-19(25)13-11-15(12-7-5-4-6-8-12)27-18(13)20-17(24)14-9-10-16(23)22(2)21-14/h4-11H,3H2,1-2H3,(H,20,24). The lowest BCUT2D eigenvalue weighted by molar-refractivity contribution is 0.0528. The molecule has 0 unspecified atom stereocenters. The Morgan fingerprint density at radius 3 is 2.59 bits per heavy atom. The summed E-state index contributed by atoms with van der Waals surface area (Å²) < 4.78 is 6.17. The number of aromatic nitrogens is 2. The topological polar surface area (TPSA) is 90.3 Å². The molecule has 2 aromatic heterocycles. The fourth-order valence-electron chi connectivity index (χ4n) is 2.38. The molecule has 3 aromatic rings. The summed E-state index contributed by atoms with van der Waals surface area (Å²) in [5.74, 6) is -1.03. The molecule has 7 nitrogen and oxygen atoms in total. The minimum Gasteiger partial charge on any atom is -0.462 e. The lowest BCUT2D eigenvalue weighted by atomic mass is 10.1. The monoisotopic (exact) mass is 383 g/mol. The second-order valence-corrected chi connectivity index (χ2v) is 6.63. The van der Waals surface area contributed by atoms with E-state index in [4.69, 9.17) is 4.74 Å². The SMILES string of the molecule is CCOC(=O)c1cc(-c2ccccc2)sc1NC(=O)c1ccc(=O)n(C)n1. The average molecular weight is 383 g/mol. The molecule has 0 bridgehead atoms. The second-order valence-electron chi connectivity index (χ2n) is 5.57. The molecule has 0 radical (unpaired) electrons. The fourth-order valence-corrected chi connectivity index (χ4v) is 3.43. The number of thiophene rings is 1. The van der Waals surface area contributed by atoms with Crippen molar-refractivity contribution in [3.8, 4) is 10.4 Å². The van der Waals surface area contributed by atoms with Crippen LogP contribution in [-0.2, 0) is 11.8 Å². The van der Waals surface area contributed by atoms with Gasteiger partial charge in [-0.2, -0.15) is 5.10 Å². The maximum Gasteiger partial charge on any atom is 0.341 e. The van der Waals surface area contributed by atoms with Crippen LogP contribution in [0, 0.1) is 0 Å². The van der Waals surface area contributed by atoms with Gasteiger partial charge < -0.3 is 10.1 Å². The highest BCUT2D eigenvalue weighted by molar-refractivity contribution is 7.20. The Morgan fingerprint density at radius 1 is 1.19 bits per heavy atom. The van der Waals surface area contributed by atoms with Crippen LogP contribution in [0.25, 0.3) is 10.4 Å². The van der Waals surface area contributed by atoms with Gasteiger partial charge in [-0.15, -0.1) is 11.3 Å². The van der Waals surface area contributed by atoms with E-state index in [9.17, 15) is 14.4 Å². The number of carbonyl (C=O) groups excluding carboxylic acids is 2. The highest BCUT2D eigenvalue weighted by Crippen LogP contribution is 2.36. The van der Waals surface area contributed by atoms with Crippen LogP contribution >= 0.6 is 11.3 Å². The Kier molecular flexibility index (Phi) is 5.46. The number of ether oxygens (including phenoxy) is 1. The van der Waals surface area contributed by atoms with Crippen molar-refractivity contribution in [3.63, 3.8) is 0 Å². The Hall–Kier alpha value is -3.26. The van der Waals surface area contributed by atoms with Crippen molar-refractivity contribution in [3.05, 3.63) is 70.1 Å². The van der Waals surface area contributed by atoms with Crippen molar-refractivity contribution in [2.45, 2.75) is 6.92 Å². The van der Waals surface area contributed by atoms with E-state index in [1.54, 1.807) is 13.0 Å². The smallest absolute Gasteiger partial charge is 0.341 e. The summed E-state index contributed by atoms with van der Waals surface area (Å²) in [7, 11) is 1.46. The first kappa shape index (κ1) is 18.5. The van der Waals surface area contributed by atoms with E-state index >= 15 is 0 Å². The maximum absolute atomic E-state index is 12.5. The van der Waals surface area contributed by atoms with Crippen LogP contribution in [-0.4, -0.2) is 28.3 Å². The Balaban J connectivity index is 1.96. The van der Waals surface area contributed by atoms with Crippen LogP contribution in [0.15, 0.2) is 53.3 Å². The highest BCUT2D eigenvalue weighted by atomic mass is 32.1. The van der Waals surface area contributed by atoms with Crippen molar-refractivity contribution in [1.29, 1.82) is 0 Å². The third-order valence-corrected chi connectivity index (χ3v) is 4.81. The number of esters is 1. The van der Waals surface area contributed by atoms with E-state index < -0.39 is 11.9 Å². The molecular formula is C19H17N3O4S. The van der Waals surface area contributed by atoms with Gasteiger partial charge in [-0.25, -0.2) is 9.48 Å². The van der Waals surface area contributed by atoms with Crippen molar-refractivity contribution in [2.24, 2.45) is 7.05 Å². The molecule has 0 atom stereocenters. The molecule has 1 N–H and O–H groups in total. The number of aryl methyl sites for hydroxylation is 1. The molecule has 27 heavy (non-hydrogen) atoms. The average Bonchev–Trinajstić information content (AvgIpc) is 3.09. The molecule has 0 fully saturated rings. The van der Waals surface area contributed by atoms with Crippen molar-refractivity contribution >= 4 is 28.2 Å². The molecule has 0 saturated carbocycles. The van der Waals surface area contributed by atoms with E-state index in [0.717, 1.165) is 15.1 Å². The molecule has 0 aliphatic rings. The van der Waals surface area contributed by atoms with Gasteiger partial charge in [0.2, 0.25) is 0 Å². The predicted octanol–water partition coefficient (Wildman–Crippen LogP) is 2.94. The zero-order valence-corrected chi connectivity index (χ0v) is 15.6. The van der Waals surface area contributed by atoms with Crippen LogP contribution < -0.4 is 10.9 Å². The Labute approximate surface area is 159 Å². The first-order valence-electron chi connectivity index (χ1n) is 8.21. The van der Waals surface area contributed by atoms with Gasteiger partial charge in [-0.1, -0.05) is 30.3 Å². The van der Waals surface area contributed by atoms with Crippen LogP contribution in [0.3, 0.4) is 0 Å².